The minimum Gasteiger partial charge on any atom is -0.497 e. The number of hydrogen-bond donors (Lipinski definition) is 1. The van der Waals surface area contributed by atoms with E-state index in [0.29, 0.717) is 13.1 Å². The number of amides is 1. The summed E-state index contributed by atoms with van der Waals surface area (Å²) in [5, 5.41) is 4.25. The van der Waals surface area contributed by atoms with Crippen LogP contribution in [0.1, 0.15) is 31.2 Å². The van der Waals surface area contributed by atoms with Crippen molar-refractivity contribution in [1.29, 1.82) is 0 Å². The molecular weight excluding hydrogens is 460 g/mol. The van der Waals surface area contributed by atoms with Crippen LogP contribution in [0.3, 0.4) is 0 Å². The van der Waals surface area contributed by atoms with E-state index in [1.54, 1.807) is 23.3 Å². The van der Waals surface area contributed by atoms with Crippen molar-refractivity contribution in [3.8, 4) is 5.75 Å². The number of nitrogens with zero attached hydrogens (tertiary/aromatic N) is 3. The molecule has 1 aromatic heterocycles. The van der Waals surface area contributed by atoms with Crippen LogP contribution < -0.4 is 15.0 Å². The lowest BCUT2D eigenvalue weighted by molar-refractivity contribution is 0.0240. The van der Waals surface area contributed by atoms with Crippen molar-refractivity contribution in [2.24, 2.45) is 0 Å². The first-order valence-corrected chi connectivity index (χ1v) is 12.5. The summed E-state index contributed by atoms with van der Waals surface area (Å²) in [4.78, 5) is 22.0. The maximum Gasteiger partial charge on any atom is 0.410 e. The quantitative estimate of drug-likeness (QED) is 0.447. The fourth-order valence-corrected chi connectivity index (χ4v) is 4.43. The van der Waals surface area contributed by atoms with Gasteiger partial charge < -0.3 is 24.6 Å². The highest BCUT2D eigenvalue weighted by atomic mass is 32.1. The number of ether oxygens (including phenoxy) is 2. The van der Waals surface area contributed by atoms with E-state index in [9.17, 15) is 4.79 Å². The Hall–Kier alpha value is -3.52. The molecule has 0 atom stereocenters. The molecule has 0 radical (unpaired) electrons. The van der Waals surface area contributed by atoms with Gasteiger partial charge in [0.25, 0.3) is 0 Å². The maximum absolute atomic E-state index is 12.3. The molecule has 1 aliphatic heterocycles. The van der Waals surface area contributed by atoms with Gasteiger partial charge in [-0.2, -0.15) is 0 Å². The minimum atomic E-state index is -0.477. The first-order valence-electron chi connectivity index (χ1n) is 11.7. The van der Waals surface area contributed by atoms with Gasteiger partial charge in [0.1, 0.15) is 11.4 Å². The Morgan fingerprint density at radius 2 is 1.80 bits per heavy atom. The molecule has 2 aromatic carbocycles. The Balaban J connectivity index is 1.33. The summed E-state index contributed by atoms with van der Waals surface area (Å²) in [5.74, 6) is 0.846. The molecule has 1 N–H and O–H groups in total. The van der Waals surface area contributed by atoms with Crippen LogP contribution in [0.4, 0.5) is 21.3 Å². The molecule has 0 spiro atoms. The molecule has 1 saturated heterocycles. The van der Waals surface area contributed by atoms with E-state index >= 15 is 0 Å². The number of benzene rings is 2. The molecule has 0 saturated carbocycles. The smallest absolute Gasteiger partial charge is 0.410 e. The first-order chi connectivity index (χ1) is 16.8. The van der Waals surface area contributed by atoms with Gasteiger partial charge in [-0.25, -0.2) is 9.78 Å². The number of carbonyl (C=O) groups excluding carboxylic acids is 1. The van der Waals surface area contributed by atoms with Crippen LogP contribution in [0.2, 0.25) is 0 Å². The lowest BCUT2D eigenvalue weighted by Crippen LogP contribution is -2.50. The molecule has 0 bridgehead atoms. The predicted molar refractivity (Wildman–Crippen MR) is 144 cm³/mol. The number of anilines is 3. The molecule has 0 aliphatic carbocycles. The second-order valence-electron chi connectivity index (χ2n) is 9.30. The Labute approximate surface area is 211 Å². The predicted octanol–water partition coefficient (Wildman–Crippen LogP) is 6.12. The number of rotatable bonds is 6. The highest BCUT2D eigenvalue weighted by Gasteiger charge is 2.26. The Morgan fingerprint density at radius 1 is 1.06 bits per heavy atom. The minimum absolute atomic E-state index is 0.242. The summed E-state index contributed by atoms with van der Waals surface area (Å²) in [7, 11) is 1.67. The highest BCUT2D eigenvalue weighted by Crippen LogP contribution is 2.27. The summed E-state index contributed by atoms with van der Waals surface area (Å²) in [6, 6.07) is 16.2. The molecule has 0 unspecified atom stereocenters. The zero-order valence-corrected chi connectivity index (χ0v) is 21.5. The topological polar surface area (TPSA) is 66.9 Å². The molecule has 2 heterocycles. The molecule has 1 amide bonds. The van der Waals surface area contributed by atoms with E-state index in [1.165, 1.54) is 0 Å². The van der Waals surface area contributed by atoms with Crippen LogP contribution in [0, 0.1) is 0 Å². The van der Waals surface area contributed by atoms with E-state index in [4.69, 9.17) is 9.47 Å². The summed E-state index contributed by atoms with van der Waals surface area (Å²) >= 11 is 1.60. The number of nitrogens with one attached hydrogen (secondary N) is 1. The van der Waals surface area contributed by atoms with Gasteiger partial charge in [-0.15, -0.1) is 0 Å². The summed E-state index contributed by atoms with van der Waals surface area (Å²) < 4.78 is 10.7. The Bertz CT molecular complexity index is 1160. The van der Waals surface area contributed by atoms with Crippen molar-refractivity contribution < 1.29 is 14.3 Å². The third-order valence-electron chi connectivity index (χ3n) is 5.47. The third kappa shape index (κ3) is 6.99. The van der Waals surface area contributed by atoms with E-state index in [2.05, 4.69) is 39.5 Å². The third-order valence-corrected chi connectivity index (χ3v) is 6.35. The molecule has 3 aromatic rings. The van der Waals surface area contributed by atoms with E-state index in [0.717, 1.165) is 45.8 Å². The molecular formula is C27H32N4O3S. The van der Waals surface area contributed by atoms with Crippen molar-refractivity contribution in [2.45, 2.75) is 26.4 Å². The second kappa shape index (κ2) is 10.8. The van der Waals surface area contributed by atoms with Gasteiger partial charge in [-0.3, -0.25) is 0 Å². The fraction of sp³-hybridized carbons (Fsp3) is 0.333. The SMILES string of the molecule is COc1ccc(/C=C/c2cnc(Nc3cccc(N4CCN(C(=O)OC(C)(C)C)CC4)c3)s2)cc1. The fourth-order valence-electron chi connectivity index (χ4n) is 3.69. The van der Waals surface area contributed by atoms with Gasteiger partial charge in [-0.1, -0.05) is 35.6 Å². The molecule has 4 rings (SSSR count). The number of hydrogen-bond acceptors (Lipinski definition) is 7. The lowest BCUT2D eigenvalue weighted by atomic mass is 10.2. The number of carbonyl (C=O) groups is 1. The van der Waals surface area contributed by atoms with Crippen LogP contribution in [0.5, 0.6) is 5.75 Å². The molecule has 7 nitrogen and oxygen atoms in total. The van der Waals surface area contributed by atoms with Gasteiger partial charge in [-0.05, 0) is 62.7 Å². The number of piperazine rings is 1. The van der Waals surface area contributed by atoms with Gasteiger partial charge in [0.15, 0.2) is 5.13 Å². The average molecular weight is 493 g/mol. The first kappa shape index (κ1) is 24.6. The van der Waals surface area contributed by atoms with Gasteiger partial charge in [0, 0.05) is 48.6 Å². The van der Waals surface area contributed by atoms with Gasteiger partial charge >= 0.3 is 6.09 Å². The van der Waals surface area contributed by atoms with Crippen molar-refractivity contribution in [3.05, 3.63) is 65.2 Å². The number of thiazole rings is 1. The van der Waals surface area contributed by atoms with E-state index in [1.807, 2.05) is 63.4 Å². The van der Waals surface area contributed by atoms with Gasteiger partial charge in [0.2, 0.25) is 0 Å². The normalized spacial score (nSPS) is 14.3. The lowest BCUT2D eigenvalue weighted by Gasteiger charge is -2.36. The Kier molecular flexibility index (Phi) is 7.60. The van der Waals surface area contributed by atoms with Crippen LogP contribution >= 0.6 is 11.3 Å². The van der Waals surface area contributed by atoms with Crippen molar-refractivity contribution in [1.82, 2.24) is 9.88 Å². The van der Waals surface area contributed by atoms with E-state index in [-0.39, 0.29) is 6.09 Å². The standard InChI is InChI=1S/C27H32N4O3S/c1-27(2,3)34-26(32)31-16-14-30(15-17-31)22-7-5-6-21(18-22)29-25-28-19-24(35-25)13-10-20-8-11-23(33-4)12-9-20/h5-13,18-19H,14-17H2,1-4H3,(H,28,29)/b13-10+. The van der Waals surface area contributed by atoms with Crippen LogP contribution in [0.15, 0.2) is 54.7 Å². The second-order valence-corrected chi connectivity index (χ2v) is 10.4. The zero-order valence-electron chi connectivity index (χ0n) is 20.7. The summed E-state index contributed by atoms with van der Waals surface area (Å²) in [5.41, 5.74) is 2.73. The summed E-state index contributed by atoms with van der Waals surface area (Å²) in [6.45, 7) is 8.49. The molecule has 35 heavy (non-hydrogen) atoms. The average Bonchev–Trinajstić information content (AvgIpc) is 3.29. The van der Waals surface area contributed by atoms with Crippen LogP contribution in [0.25, 0.3) is 12.2 Å². The largest absolute Gasteiger partial charge is 0.497 e. The monoisotopic (exact) mass is 492 g/mol. The number of methoxy groups -OCH3 is 1. The van der Waals surface area contributed by atoms with Gasteiger partial charge in [0.05, 0.1) is 7.11 Å². The molecule has 1 aliphatic rings. The Morgan fingerprint density at radius 3 is 2.49 bits per heavy atom. The van der Waals surface area contributed by atoms with Crippen LogP contribution in [-0.4, -0.2) is 54.9 Å². The molecule has 1 fully saturated rings. The highest BCUT2D eigenvalue weighted by molar-refractivity contribution is 7.16. The van der Waals surface area contributed by atoms with Crippen molar-refractivity contribution in [3.63, 3.8) is 0 Å². The maximum atomic E-state index is 12.3. The van der Waals surface area contributed by atoms with E-state index < -0.39 is 5.60 Å². The van der Waals surface area contributed by atoms with Crippen molar-refractivity contribution >= 4 is 46.1 Å². The molecule has 8 heteroatoms. The zero-order chi connectivity index (χ0) is 24.8. The summed E-state index contributed by atoms with van der Waals surface area (Å²) in [6.07, 6.45) is 5.75. The number of aromatic nitrogens is 1. The molecule has 184 valence electrons. The van der Waals surface area contributed by atoms with Crippen LogP contribution in [-0.2, 0) is 4.74 Å². The van der Waals surface area contributed by atoms with Crippen molar-refractivity contribution in [2.75, 3.05) is 43.5 Å².